The molecule has 2 atom stereocenters. The summed E-state index contributed by atoms with van der Waals surface area (Å²) in [5, 5.41) is 3.60. The van der Waals surface area contributed by atoms with E-state index in [0.717, 1.165) is 31.3 Å². The van der Waals surface area contributed by atoms with Gasteiger partial charge in [-0.2, -0.15) is 0 Å². The fraction of sp³-hybridized carbons (Fsp3) is 0.917. The lowest BCUT2D eigenvalue weighted by atomic mass is 10.0. The predicted octanol–water partition coefficient (Wildman–Crippen LogP) is 1.81. The number of nitrogens with one attached hydrogen (secondary N) is 1. The third kappa shape index (κ3) is 4.65. The minimum atomic E-state index is -0.178. The van der Waals surface area contributed by atoms with Crippen LogP contribution in [0.4, 0.5) is 0 Å². The number of primary amides is 1. The van der Waals surface area contributed by atoms with Crippen molar-refractivity contribution in [3.8, 4) is 0 Å². The zero-order valence-corrected chi connectivity index (χ0v) is 9.80. The van der Waals surface area contributed by atoms with Crippen molar-refractivity contribution in [1.82, 2.24) is 5.32 Å². The molecule has 88 valence electrons. The summed E-state index contributed by atoms with van der Waals surface area (Å²) in [6.45, 7) is 3.31. The van der Waals surface area contributed by atoms with Crippen LogP contribution in [0.2, 0.25) is 0 Å². The molecule has 0 heterocycles. The molecule has 3 N–H and O–H groups in total. The fourth-order valence-electron chi connectivity index (χ4n) is 2.51. The molecule has 0 aliphatic heterocycles. The summed E-state index contributed by atoms with van der Waals surface area (Å²) in [6.07, 6.45) is 7.89. The summed E-state index contributed by atoms with van der Waals surface area (Å²) >= 11 is 0. The topological polar surface area (TPSA) is 55.1 Å². The first-order chi connectivity index (χ1) is 7.24. The van der Waals surface area contributed by atoms with Gasteiger partial charge in [-0.1, -0.05) is 19.8 Å². The zero-order valence-electron chi connectivity index (χ0n) is 9.80. The van der Waals surface area contributed by atoms with Crippen molar-refractivity contribution in [1.29, 1.82) is 0 Å². The standard InChI is InChI=1S/C12H24N2O/c1-2-10-6-5-7-11(10)14-9-4-3-8-12(13)15/h10-11,14H,2-9H2,1H3,(H2,13,15). The van der Waals surface area contributed by atoms with Crippen LogP contribution in [0.15, 0.2) is 0 Å². The molecule has 1 fully saturated rings. The first kappa shape index (κ1) is 12.5. The van der Waals surface area contributed by atoms with Crippen molar-refractivity contribution >= 4 is 5.91 Å². The van der Waals surface area contributed by atoms with E-state index < -0.39 is 0 Å². The van der Waals surface area contributed by atoms with Gasteiger partial charge in [-0.25, -0.2) is 0 Å². The van der Waals surface area contributed by atoms with Gasteiger partial charge in [-0.15, -0.1) is 0 Å². The lowest BCUT2D eigenvalue weighted by Gasteiger charge is -2.19. The number of hydrogen-bond donors (Lipinski definition) is 2. The molecule has 1 aliphatic rings. The average Bonchev–Trinajstić information content (AvgIpc) is 2.64. The van der Waals surface area contributed by atoms with E-state index in [2.05, 4.69) is 12.2 Å². The summed E-state index contributed by atoms with van der Waals surface area (Å²) in [7, 11) is 0. The maximum atomic E-state index is 10.5. The van der Waals surface area contributed by atoms with Crippen LogP contribution in [-0.4, -0.2) is 18.5 Å². The van der Waals surface area contributed by atoms with Crippen LogP contribution < -0.4 is 11.1 Å². The summed E-state index contributed by atoms with van der Waals surface area (Å²) in [4.78, 5) is 10.5. The van der Waals surface area contributed by atoms with Gasteiger partial charge in [-0.05, 0) is 38.1 Å². The molecule has 1 saturated carbocycles. The van der Waals surface area contributed by atoms with Crippen molar-refractivity contribution < 1.29 is 4.79 Å². The lowest BCUT2D eigenvalue weighted by Crippen LogP contribution is -2.32. The molecule has 0 aromatic carbocycles. The van der Waals surface area contributed by atoms with Crippen molar-refractivity contribution in [2.24, 2.45) is 11.7 Å². The van der Waals surface area contributed by atoms with Crippen molar-refractivity contribution in [2.75, 3.05) is 6.54 Å². The van der Waals surface area contributed by atoms with Crippen LogP contribution in [0, 0.1) is 5.92 Å². The molecule has 0 saturated heterocycles. The molecule has 1 aliphatic carbocycles. The smallest absolute Gasteiger partial charge is 0.217 e. The van der Waals surface area contributed by atoms with Crippen LogP contribution in [-0.2, 0) is 4.79 Å². The van der Waals surface area contributed by atoms with Gasteiger partial charge in [0.15, 0.2) is 0 Å². The molecule has 15 heavy (non-hydrogen) atoms. The van der Waals surface area contributed by atoms with Gasteiger partial charge in [0.05, 0.1) is 0 Å². The Kier molecular flexibility index (Phi) is 5.69. The number of unbranched alkanes of at least 4 members (excludes halogenated alkanes) is 1. The minimum Gasteiger partial charge on any atom is -0.370 e. The second-order valence-electron chi connectivity index (χ2n) is 4.58. The highest BCUT2D eigenvalue weighted by Gasteiger charge is 2.24. The SMILES string of the molecule is CCC1CCCC1NCCCCC(N)=O. The summed E-state index contributed by atoms with van der Waals surface area (Å²) in [5.74, 6) is 0.698. The number of rotatable bonds is 7. The second kappa shape index (κ2) is 6.83. The van der Waals surface area contributed by atoms with Gasteiger partial charge in [0.2, 0.25) is 5.91 Å². The van der Waals surface area contributed by atoms with E-state index in [4.69, 9.17) is 5.73 Å². The zero-order chi connectivity index (χ0) is 11.1. The molecule has 1 amide bonds. The van der Waals surface area contributed by atoms with Gasteiger partial charge in [0.25, 0.3) is 0 Å². The largest absolute Gasteiger partial charge is 0.370 e. The molecular weight excluding hydrogens is 188 g/mol. The van der Waals surface area contributed by atoms with Crippen LogP contribution in [0.25, 0.3) is 0 Å². The summed E-state index contributed by atoms with van der Waals surface area (Å²) in [5.41, 5.74) is 5.08. The van der Waals surface area contributed by atoms with Gasteiger partial charge in [-0.3, -0.25) is 4.79 Å². The van der Waals surface area contributed by atoms with Gasteiger partial charge < -0.3 is 11.1 Å². The van der Waals surface area contributed by atoms with E-state index in [0.29, 0.717) is 6.42 Å². The van der Waals surface area contributed by atoms with E-state index in [1.165, 1.54) is 25.7 Å². The Morgan fingerprint density at radius 1 is 1.40 bits per heavy atom. The Morgan fingerprint density at radius 2 is 2.20 bits per heavy atom. The molecule has 0 radical (unpaired) electrons. The van der Waals surface area contributed by atoms with E-state index >= 15 is 0 Å². The number of nitrogens with two attached hydrogens (primary N) is 1. The first-order valence-corrected chi connectivity index (χ1v) is 6.25. The third-order valence-electron chi connectivity index (χ3n) is 3.44. The molecule has 0 spiro atoms. The van der Waals surface area contributed by atoms with E-state index in [-0.39, 0.29) is 5.91 Å². The number of carbonyl (C=O) groups is 1. The molecule has 0 aromatic heterocycles. The Labute approximate surface area is 92.8 Å². The molecule has 3 heteroatoms. The maximum absolute atomic E-state index is 10.5. The van der Waals surface area contributed by atoms with Crippen molar-refractivity contribution in [3.05, 3.63) is 0 Å². The van der Waals surface area contributed by atoms with Crippen molar-refractivity contribution in [3.63, 3.8) is 0 Å². The highest BCUT2D eigenvalue weighted by Crippen LogP contribution is 2.27. The third-order valence-corrected chi connectivity index (χ3v) is 3.44. The molecule has 1 rings (SSSR count). The van der Waals surface area contributed by atoms with E-state index in [1.807, 2.05) is 0 Å². The Bertz CT molecular complexity index is 194. The minimum absolute atomic E-state index is 0.178. The number of hydrogen-bond acceptors (Lipinski definition) is 2. The normalized spacial score (nSPS) is 25.7. The number of amides is 1. The average molecular weight is 212 g/mol. The summed E-state index contributed by atoms with van der Waals surface area (Å²) in [6, 6.07) is 0.726. The van der Waals surface area contributed by atoms with Crippen molar-refractivity contribution in [2.45, 2.75) is 57.9 Å². The monoisotopic (exact) mass is 212 g/mol. The molecule has 0 aromatic rings. The Hall–Kier alpha value is -0.570. The Morgan fingerprint density at radius 3 is 2.87 bits per heavy atom. The lowest BCUT2D eigenvalue weighted by molar-refractivity contribution is -0.118. The van der Waals surface area contributed by atoms with Gasteiger partial charge >= 0.3 is 0 Å². The molecule has 2 unspecified atom stereocenters. The van der Waals surface area contributed by atoms with Gasteiger partial charge in [0.1, 0.15) is 0 Å². The molecular formula is C12H24N2O. The van der Waals surface area contributed by atoms with Crippen LogP contribution in [0.1, 0.15) is 51.9 Å². The van der Waals surface area contributed by atoms with Crippen LogP contribution in [0.3, 0.4) is 0 Å². The quantitative estimate of drug-likeness (QED) is 0.632. The number of carbonyl (C=O) groups excluding carboxylic acids is 1. The Balaban J connectivity index is 2.02. The van der Waals surface area contributed by atoms with E-state index in [9.17, 15) is 4.79 Å². The molecule has 3 nitrogen and oxygen atoms in total. The maximum Gasteiger partial charge on any atom is 0.217 e. The van der Waals surface area contributed by atoms with E-state index in [1.54, 1.807) is 0 Å². The first-order valence-electron chi connectivity index (χ1n) is 6.25. The highest BCUT2D eigenvalue weighted by atomic mass is 16.1. The molecule has 0 bridgehead atoms. The van der Waals surface area contributed by atoms with Crippen LogP contribution in [0.5, 0.6) is 0 Å². The highest BCUT2D eigenvalue weighted by molar-refractivity contribution is 5.73. The van der Waals surface area contributed by atoms with Crippen LogP contribution >= 0.6 is 0 Å². The summed E-state index contributed by atoms with van der Waals surface area (Å²) < 4.78 is 0. The predicted molar refractivity (Wildman–Crippen MR) is 62.5 cm³/mol. The second-order valence-corrected chi connectivity index (χ2v) is 4.58. The fourth-order valence-corrected chi connectivity index (χ4v) is 2.51. The van der Waals surface area contributed by atoms with Gasteiger partial charge in [0, 0.05) is 12.5 Å².